The molecule has 0 atom stereocenters. The van der Waals surface area contributed by atoms with Crippen molar-refractivity contribution in [2.24, 2.45) is 5.84 Å². The third-order valence-electron chi connectivity index (χ3n) is 3.36. The molecule has 1 aromatic rings. The maximum Gasteiger partial charge on any atom is 0.158 e. The summed E-state index contributed by atoms with van der Waals surface area (Å²) in [6.07, 6.45) is 2.35. The molecule has 6 heteroatoms. The third kappa shape index (κ3) is 2.54. The van der Waals surface area contributed by atoms with E-state index in [1.54, 1.807) is 7.11 Å². The first-order valence-electron chi connectivity index (χ1n) is 6.18. The molecule has 1 fully saturated rings. The van der Waals surface area contributed by atoms with Crippen molar-refractivity contribution in [1.82, 2.24) is 9.97 Å². The first-order valence-corrected chi connectivity index (χ1v) is 6.18. The summed E-state index contributed by atoms with van der Waals surface area (Å²) in [7, 11) is 1.63. The molecule has 0 spiro atoms. The van der Waals surface area contributed by atoms with Gasteiger partial charge in [-0.3, -0.25) is 0 Å². The second-order valence-corrected chi connectivity index (χ2v) is 5.17. The van der Waals surface area contributed by atoms with E-state index in [2.05, 4.69) is 34.1 Å². The van der Waals surface area contributed by atoms with E-state index in [1.807, 2.05) is 6.07 Å². The molecule has 0 aromatic carbocycles. The van der Waals surface area contributed by atoms with Gasteiger partial charge in [0.25, 0.3) is 0 Å². The highest BCUT2D eigenvalue weighted by molar-refractivity contribution is 5.51. The summed E-state index contributed by atoms with van der Waals surface area (Å²) in [5.74, 6) is 7.62. The average molecular weight is 251 g/mol. The number of nitrogens with one attached hydrogen (secondary N) is 1. The second-order valence-electron chi connectivity index (χ2n) is 5.17. The van der Waals surface area contributed by atoms with E-state index >= 15 is 0 Å². The van der Waals surface area contributed by atoms with E-state index in [0.29, 0.717) is 18.2 Å². The Morgan fingerprint density at radius 3 is 2.83 bits per heavy atom. The molecule has 0 radical (unpaired) electrons. The molecular weight excluding hydrogens is 230 g/mol. The molecular formula is C12H21N5O. The van der Waals surface area contributed by atoms with E-state index in [1.165, 1.54) is 12.8 Å². The molecule has 0 bridgehead atoms. The molecule has 0 aliphatic carbocycles. The lowest BCUT2D eigenvalue weighted by molar-refractivity contribution is 0.178. The predicted molar refractivity (Wildman–Crippen MR) is 71.2 cm³/mol. The number of aromatic nitrogens is 2. The van der Waals surface area contributed by atoms with Gasteiger partial charge in [-0.25, -0.2) is 15.8 Å². The van der Waals surface area contributed by atoms with Crippen LogP contribution >= 0.6 is 0 Å². The third-order valence-corrected chi connectivity index (χ3v) is 3.36. The molecule has 18 heavy (non-hydrogen) atoms. The average Bonchev–Trinajstić information content (AvgIpc) is 2.69. The summed E-state index contributed by atoms with van der Waals surface area (Å²) >= 11 is 0. The van der Waals surface area contributed by atoms with E-state index in [4.69, 9.17) is 10.6 Å². The van der Waals surface area contributed by atoms with Crippen LogP contribution in [0.5, 0.6) is 0 Å². The Balaban J connectivity index is 2.34. The van der Waals surface area contributed by atoms with Crippen LogP contribution in [0.1, 0.15) is 32.5 Å². The number of anilines is 2. The van der Waals surface area contributed by atoms with Crippen LogP contribution < -0.4 is 16.2 Å². The number of hydrogen-bond acceptors (Lipinski definition) is 6. The van der Waals surface area contributed by atoms with E-state index in [9.17, 15) is 0 Å². The smallest absolute Gasteiger partial charge is 0.158 e. The monoisotopic (exact) mass is 251 g/mol. The number of nitrogen functional groups attached to an aromatic ring is 1. The molecule has 0 amide bonds. The number of ether oxygens (including phenoxy) is 1. The van der Waals surface area contributed by atoms with Crippen LogP contribution in [0.3, 0.4) is 0 Å². The van der Waals surface area contributed by atoms with Crippen LogP contribution in [0.25, 0.3) is 0 Å². The Bertz CT molecular complexity index is 421. The standard InChI is InChI=1S/C12H21N5O/c1-12(2)5-4-6-17(12)11-7-9(16-13)14-10(15-11)8-18-3/h7H,4-6,8,13H2,1-3H3,(H,14,15,16). The Morgan fingerprint density at radius 1 is 1.50 bits per heavy atom. The first-order chi connectivity index (χ1) is 8.56. The topological polar surface area (TPSA) is 76.3 Å². The molecule has 0 saturated carbocycles. The van der Waals surface area contributed by atoms with Crippen molar-refractivity contribution in [3.05, 3.63) is 11.9 Å². The molecule has 1 aliphatic rings. The number of nitrogens with zero attached hydrogens (tertiary/aromatic N) is 3. The highest BCUT2D eigenvalue weighted by atomic mass is 16.5. The fourth-order valence-electron chi connectivity index (χ4n) is 2.42. The summed E-state index contributed by atoms with van der Waals surface area (Å²) in [6, 6.07) is 1.88. The summed E-state index contributed by atoms with van der Waals surface area (Å²) in [5.41, 5.74) is 2.71. The van der Waals surface area contributed by atoms with E-state index < -0.39 is 0 Å². The van der Waals surface area contributed by atoms with Crippen molar-refractivity contribution in [1.29, 1.82) is 0 Å². The van der Waals surface area contributed by atoms with Crippen molar-refractivity contribution in [3.63, 3.8) is 0 Å². The zero-order valence-corrected chi connectivity index (χ0v) is 11.2. The van der Waals surface area contributed by atoms with Crippen LogP contribution in [-0.2, 0) is 11.3 Å². The number of nitrogens with two attached hydrogens (primary N) is 1. The second kappa shape index (κ2) is 5.07. The SMILES string of the molecule is COCc1nc(NN)cc(N2CCCC2(C)C)n1. The Kier molecular flexibility index (Phi) is 3.68. The Hall–Kier alpha value is -1.40. The van der Waals surface area contributed by atoms with E-state index in [0.717, 1.165) is 12.4 Å². The normalized spacial score (nSPS) is 18.1. The van der Waals surface area contributed by atoms with Gasteiger partial charge >= 0.3 is 0 Å². The fraction of sp³-hybridized carbons (Fsp3) is 0.667. The summed E-state index contributed by atoms with van der Waals surface area (Å²) in [5, 5.41) is 0. The predicted octanol–water partition coefficient (Wildman–Crippen LogP) is 1.29. The van der Waals surface area contributed by atoms with Crippen LogP contribution in [0, 0.1) is 0 Å². The molecule has 1 saturated heterocycles. The largest absolute Gasteiger partial charge is 0.377 e. The molecule has 6 nitrogen and oxygen atoms in total. The van der Waals surface area contributed by atoms with Gasteiger partial charge in [-0.2, -0.15) is 0 Å². The summed E-state index contributed by atoms with van der Waals surface area (Å²) < 4.78 is 5.08. The molecule has 2 heterocycles. The van der Waals surface area contributed by atoms with Crippen molar-refractivity contribution in [2.75, 3.05) is 24.0 Å². The van der Waals surface area contributed by atoms with Gasteiger partial charge in [0.05, 0.1) is 0 Å². The van der Waals surface area contributed by atoms with Gasteiger partial charge in [0, 0.05) is 25.3 Å². The van der Waals surface area contributed by atoms with Gasteiger partial charge in [-0.05, 0) is 26.7 Å². The maximum absolute atomic E-state index is 5.45. The van der Waals surface area contributed by atoms with Crippen molar-refractivity contribution >= 4 is 11.6 Å². The fourth-order valence-corrected chi connectivity index (χ4v) is 2.42. The minimum atomic E-state index is 0.130. The maximum atomic E-state index is 5.45. The van der Waals surface area contributed by atoms with Gasteiger partial charge in [0.15, 0.2) is 5.82 Å². The van der Waals surface area contributed by atoms with Crippen molar-refractivity contribution < 1.29 is 4.74 Å². The van der Waals surface area contributed by atoms with Gasteiger partial charge in [-0.15, -0.1) is 0 Å². The van der Waals surface area contributed by atoms with Crippen LogP contribution in [0.2, 0.25) is 0 Å². The lowest BCUT2D eigenvalue weighted by Gasteiger charge is -2.33. The highest BCUT2D eigenvalue weighted by Gasteiger charge is 2.33. The van der Waals surface area contributed by atoms with Crippen molar-refractivity contribution in [3.8, 4) is 0 Å². The first kappa shape index (κ1) is 13.0. The lowest BCUT2D eigenvalue weighted by Crippen LogP contribution is -2.39. The van der Waals surface area contributed by atoms with Gasteiger partial charge < -0.3 is 15.1 Å². The minimum Gasteiger partial charge on any atom is -0.377 e. The number of hydrogen-bond donors (Lipinski definition) is 2. The summed E-state index contributed by atoms with van der Waals surface area (Å²) in [6.45, 7) is 5.86. The molecule has 100 valence electrons. The van der Waals surface area contributed by atoms with Gasteiger partial charge in [0.1, 0.15) is 18.2 Å². The van der Waals surface area contributed by atoms with Crippen LogP contribution in [-0.4, -0.2) is 29.2 Å². The molecule has 2 rings (SSSR count). The molecule has 1 aromatic heterocycles. The Labute approximate surface area is 108 Å². The zero-order chi connectivity index (χ0) is 13.2. The van der Waals surface area contributed by atoms with Crippen molar-refractivity contribution in [2.45, 2.75) is 38.8 Å². The molecule has 3 N–H and O–H groups in total. The highest BCUT2D eigenvalue weighted by Crippen LogP contribution is 2.33. The molecule has 0 unspecified atom stereocenters. The zero-order valence-electron chi connectivity index (χ0n) is 11.2. The Morgan fingerprint density at radius 2 is 2.28 bits per heavy atom. The van der Waals surface area contributed by atoms with E-state index in [-0.39, 0.29) is 5.54 Å². The quantitative estimate of drug-likeness (QED) is 0.620. The summed E-state index contributed by atoms with van der Waals surface area (Å²) in [4.78, 5) is 11.1. The van der Waals surface area contributed by atoms with Crippen LogP contribution in [0.4, 0.5) is 11.6 Å². The lowest BCUT2D eigenvalue weighted by atomic mass is 10.0. The number of methoxy groups -OCH3 is 1. The van der Waals surface area contributed by atoms with Gasteiger partial charge in [-0.1, -0.05) is 0 Å². The molecule has 1 aliphatic heterocycles. The van der Waals surface area contributed by atoms with Crippen LogP contribution in [0.15, 0.2) is 6.07 Å². The number of rotatable bonds is 4. The van der Waals surface area contributed by atoms with Gasteiger partial charge in [0.2, 0.25) is 0 Å². The minimum absolute atomic E-state index is 0.130. The number of hydrazine groups is 1.